The monoisotopic (exact) mass is 285 g/mol. The second-order valence-electron chi connectivity index (χ2n) is 4.61. The van der Waals surface area contributed by atoms with E-state index < -0.39 is 0 Å². The molecule has 4 heteroatoms. The summed E-state index contributed by atoms with van der Waals surface area (Å²) in [6, 6.07) is 16.2. The Morgan fingerprint density at radius 2 is 1.62 bits per heavy atom. The van der Waals surface area contributed by atoms with Crippen molar-refractivity contribution in [1.29, 1.82) is 0 Å². The molecule has 0 bridgehead atoms. The van der Waals surface area contributed by atoms with Crippen molar-refractivity contribution in [3.8, 4) is 11.3 Å². The molecular formula is C17H13F2NO. The molecule has 0 fully saturated rings. The molecule has 0 spiro atoms. The molecule has 3 rings (SSSR count). The molecule has 2 nitrogen and oxygen atoms in total. The van der Waals surface area contributed by atoms with E-state index in [2.05, 4.69) is 5.32 Å². The Labute approximate surface area is 121 Å². The summed E-state index contributed by atoms with van der Waals surface area (Å²) in [6.45, 7) is 0.377. The van der Waals surface area contributed by atoms with Gasteiger partial charge in [0, 0.05) is 5.56 Å². The van der Waals surface area contributed by atoms with Crippen LogP contribution in [0.25, 0.3) is 11.3 Å². The van der Waals surface area contributed by atoms with Crippen LogP contribution in [0.2, 0.25) is 0 Å². The first-order valence-electron chi connectivity index (χ1n) is 6.55. The lowest BCUT2D eigenvalue weighted by atomic mass is 10.2. The summed E-state index contributed by atoms with van der Waals surface area (Å²) in [5, 5.41) is 2.97. The van der Waals surface area contributed by atoms with Gasteiger partial charge in [-0.2, -0.15) is 0 Å². The molecule has 2 aromatic carbocycles. The Bertz CT molecular complexity index is 735. The molecule has 0 amide bonds. The molecule has 0 aliphatic heterocycles. The van der Waals surface area contributed by atoms with Gasteiger partial charge in [-0.1, -0.05) is 12.1 Å². The number of para-hydroxylation sites is 1. The Balaban J connectivity index is 1.71. The predicted molar refractivity (Wildman–Crippen MR) is 77.8 cm³/mol. The van der Waals surface area contributed by atoms with Crippen molar-refractivity contribution in [3.05, 3.63) is 78.1 Å². The lowest BCUT2D eigenvalue weighted by Crippen LogP contribution is -1.99. The zero-order valence-corrected chi connectivity index (χ0v) is 11.1. The molecule has 106 valence electrons. The SMILES string of the molecule is Fc1ccc(-c2ccc(CNc3ccccc3F)o2)cc1. The number of halogens is 2. The van der Waals surface area contributed by atoms with E-state index in [-0.39, 0.29) is 11.6 Å². The van der Waals surface area contributed by atoms with Gasteiger partial charge in [0.1, 0.15) is 23.2 Å². The van der Waals surface area contributed by atoms with E-state index >= 15 is 0 Å². The van der Waals surface area contributed by atoms with Crippen molar-refractivity contribution in [2.75, 3.05) is 5.32 Å². The molecule has 0 aliphatic carbocycles. The van der Waals surface area contributed by atoms with Gasteiger partial charge < -0.3 is 9.73 Å². The summed E-state index contributed by atoms with van der Waals surface area (Å²) in [5.41, 5.74) is 1.23. The second-order valence-corrected chi connectivity index (χ2v) is 4.61. The maximum atomic E-state index is 13.5. The summed E-state index contributed by atoms with van der Waals surface area (Å²) < 4.78 is 32.0. The van der Waals surface area contributed by atoms with Crippen LogP contribution in [-0.2, 0) is 6.54 Å². The highest BCUT2D eigenvalue weighted by Gasteiger charge is 2.06. The summed E-state index contributed by atoms with van der Waals surface area (Å²) in [7, 11) is 0. The normalized spacial score (nSPS) is 10.6. The number of anilines is 1. The quantitative estimate of drug-likeness (QED) is 0.742. The van der Waals surface area contributed by atoms with Gasteiger partial charge in [-0.3, -0.25) is 0 Å². The Kier molecular flexibility index (Phi) is 3.69. The van der Waals surface area contributed by atoms with Crippen molar-refractivity contribution in [2.45, 2.75) is 6.54 Å². The lowest BCUT2D eigenvalue weighted by molar-refractivity contribution is 0.530. The highest BCUT2D eigenvalue weighted by Crippen LogP contribution is 2.23. The minimum atomic E-state index is -0.303. The molecule has 1 heterocycles. The van der Waals surface area contributed by atoms with Crippen LogP contribution in [0.3, 0.4) is 0 Å². The molecule has 0 atom stereocenters. The molecule has 0 aliphatic rings. The first kappa shape index (κ1) is 13.4. The van der Waals surface area contributed by atoms with Crippen LogP contribution in [0.4, 0.5) is 14.5 Å². The van der Waals surface area contributed by atoms with Gasteiger partial charge in [-0.25, -0.2) is 8.78 Å². The summed E-state index contributed by atoms with van der Waals surface area (Å²) in [4.78, 5) is 0. The predicted octanol–water partition coefficient (Wildman–Crippen LogP) is 4.84. The van der Waals surface area contributed by atoms with Crippen LogP contribution in [0.15, 0.2) is 65.1 Å². The smallest absolute Gasteiger partial charge is 0.146 e. The number of rotatable bonds is 4. The minimum Gasteiger partial charge on any atom is -0.459 e. The van der Waals surface area contributed by atoms with E-state index in [0.29, 0.717) is 23.8 Å². The molecule has 21 heavy (non-hydrogen) atoms. The number of hydrogen-bond donors (Lipinski definition) is 1. The summed E-state index contributed by atoms with van der Waals surface area (Å²) in [6.07, 6.45) is 0. The van der Waals surface area contributed by atoms with Crippen molar-refractivity contribution in [2.24, 2.45) is 0 Å². The fourth-order valence-electron chi connectivity index (χ4n) is 2.03. The van der Waals surface area contributed by atoms with Crippen LogP contribution >= 0.6 is 0 Å². The first-order valence-corrected chi connectivity index (χ1v) is 6.55. The van der Waals surface area contributed by atoms with Crippen LogP contribution in [-0.4, -0.2) is 0 Å². The molecule has 0 saturated carbocycles. The molecule has 1 N–H and O–H groups in total. The van der Waals surface area contributed by atoms with Crippen LogP contribution < -0.4 is 5.32 Å². The van der Waals surface area contributed by atoms with E-state index in [4.69, 9.17) is 4.42 Å². The maximum Gasteiger partial charge on any atom is 0.146 e. The molecule has 0 saturated heterocycles. The van der Waals surface area contributed by atoms with E-state index in [9.17, 15) is 8.78 Å². The standard InChI is InChI=1S/C17H13F2NO/c18-13-7-5-12(6-8-13)17-10-9-14(21-17)11-20-16-4-2-1-3-15(16)19/h1-10,20H,11H2. The van der Waals surface area contributed by atoms with Crippen LogP contribution in [0, 0.1) is 11.6 Å². The number of benzene rings is 2. The minimum absolute atomic E-state index is 0.285. The molecule has 0 unspecified atom stereocenters. The third kappa shape index (κ3) is 3.11. The lowest BCUT2D eigenvalue weighted by Gasteiger charge is -2.05. The molecule has 0 radical (unpaired) electrons. The van der Waals surface area contributed by atoms with Gasteiger partial charge in [0.05, 0.1) is 12.2 Å². The summed E-state index contributed by atoms with van der Waals surface area (Å²) >= 11 is 0. The molecule has 3 aromatic rings. The Morgan fingerprint density at radius 1 is 0.857 bits per heavy atom. The van der Waals surface area contributed by atoms with Crippen molar-refractivity contribution in [1.82, 2.24) is 0 Å². The van der Waals surface area contributed by atoms with Gasteiger partial charge in [-0.15, -0.1) is 0 Å². The average Bonchev–Trinajstić information content (AvgIpc) is 2.96. The number of hydrogen-bond acceptors (Lipinski definition) is 2. The van der Waals surface area contributed by atoms with Crippen LogP contribution in [0.5, 0.6) is 0 Å². The van der Waals surface area contributed by atoms with Crippen molar-refractivity contribution in [3.63, 3.8) is 0 Å². The fraction of sp³-hybridized carbons (Fsp3) is 0.0588. The zero-order chi connectivity index (χ0) is 14.7. The Hall–Kier alpha value is -2.62. The fourth-order valence-corrected chi connectivity index (χ4v) is 2.03. The second kappa shape index (κ2) is 5.79. The maximum absolute atomic E-state index is 13.5. The third-order valence-electron chi connectivity index (χ3n) is 3.12. The Morgan fingerprint density at radius 3 is 2.38 bits per heavy atom. The summed E-state index contributed by atoms with van der Waals surface area (Å²) in [5.74, 6) is 0.743. The largest absolute Gasteiger partial charge is 0.459 e. The van der Waals surface area contributed by atoms with E-state index in [1.54, 1.807) is 30.3 Å². The van der Waals surface area contributed by atoms with Gasteiger partial charge in [0.2, 0.25) is 0 Å². The topological polar surface area (TPSA) is 25.2 Å². The number of nitrogens with one attached hydrogen (secondary N) is 1. The highest BCUT2D eigenvalue weighted by molar-refractivity contribution is 5.57. The molecule has 1 aromatic heterocycles. The van der Waals surface area contributed by atoms with Gasteiger partial charge in [0.25, 0.3) is 0 Å². The number of furan rings is 1. The van der Waals surface area contributed by atoms with Gasteiger partial charge in [0.15, 0.2) is 0 Å². The average molecular weight is 285 g/mol. The molecular weight excluding hydrogens is 272 g/mol. The van der Waals surface area contributed by atoms with Crippen molar-refractivity contribution < 1.29 is 13.2 Å². The van der Waals surface area contributed by atoms with E-state index in [1.165, 1.54) is 18.2 Å². The zero-order valence-electron chi connectivity index (χ0n) is 11.1. The van der Waals surface area contributed by atoms with E-state index in [0.717, 1.165) is 5.56 Å². The third-order valence-corrected chi connectivity index (χ3v) is 3.12. The van der Waals surface area contributed by atoms with E-state index in [1.807, 2.05) is 12.1 Å². The first-order chi connectivity index (χ1) is 10.2. The van der Waals surface area contributed by atoms with Gasteiger partial charge >= 0.3 is 0 Å². The van der Waals surface area contributed by atoms with Crippen molar-refractivity contribution >= 4 is 5.69 Å². The highest BCUT2D eigenvalue weighted by atomic mass is 19.1. The van der Waals surface area contributed by atoms with Gasteiger partial charge in [-0.05, 0) is 48.5 Å². The van der Waals surface area contributed by atoms with Crippen LogP contribution in [0.1, 0.15) is 5.76 Å².